The number of nitrogens with one attached hydrogen (secondary N) is 1. The quantitative estimate of drug-likeness (QED) is 0.421. The molecule has 1 saturated carbocycles. The van der Waals surface area contributed by atoms with Gasteiger partial charge in [0.1, 0.15) is 5.75 Å². The zero-order valence-corrected chi connectivity index (χ0v) is 19.4. The highest BCUT2D eigenvalue weighted by Gasteiger charge is 2.20. The molecule has 7 heteroatoms. The number of hydrogen-bond donors (Lipinski definition) is 1. The van der Waals surface area contributed by atoms with Gasteiger partial charge >= 0.3 is 0 Å². The van der Waals surface area contributed by atoms with Crippen molar-refractivity contribution in [2.24, 2.45) is 5.92 Å². The molecule has 32 heavy (non-hydrogen) atoms. The first-order valence-electron chi connectivity index (χ1n) is 11.2. The predicted octanol–water partition coefficient (Wildman–Crippen LogP) is 4.57. The molecular formula is C25H29N3O3S. The number of ether oxygens (including phenoxy) is 1. The standard InChI is InChI=1S/C25H29N3O3S/c1-3-31-20-14-12-19(13-15-20)28-24(30)21-6-4-5-7-22(21)27-25(28)32-16-23(29)26-18-10-8-17(2)9-11-18/h4-7,12-15,17-18H,3,8-11,16H2,1-2H3,(H,26,29). The van der Waals surface area contributed by atoms with E-state index in [1.54, 1.807) is 10.6 Å². The van der Waals surface area contributed by atoms with E-state index in [1.165, 1.54) is 11.8 Å². The molecule has 1 fully saturated rings. The van der Waals surface area contributed by atoms with Gasteiger partial charge in [-0.05, 0) is 74.9 Å². The molecule has 2 aromatic carbocycles. The minimum absolute atomic E-state index is 0.0183. The van der Waals surface area contributed by atoms with Crippen LogP contribution in [0.3, 0.4) is 0 Å². The van der Waals surface area contributed by atoms with Crippen molar-refractivity contribution < 1.29 is 9.53 Å². The van der Waals surface area contributed by atoms with Gasteiger partial charge in [-0.25, -0.2) is 4.98 Å². The van der Waals surface area contributed by atoms with Gasteiger partial charge in [0.05, 0.1) is 29.0 Å². The molecule has 1 N–H and O–H groups in total. The topological polar surface area (TPSA) is 73.2 Å². The molecule has 1 heterocycles. The Labute approximate surface area is 192 Å². The SMILES string of the molecule is CCOc1ccc(-n2c(SCC(=O)NC3CCC(C)CC3)nc3ccccc3c2=O)cc1. The number of carbonyl (C=O) groups is 1. The number of fused-ring (bicyclic) bond motifs is 1. The lowest BCUT2D eigenvalue weighted by Gasteiger charge is -2.26. The van der Waals surface area contributed by atoms with Gasteiger partial charge in [0.25, 0.3) is 5.56 Å². The minimum Gasteiger partial charge on any atom is -0.494 e. The monoisotopic (exact) mass is 451 g/mol. The van der Waals surface area contributed by atoms with E-state index in [0.29, 0.717) is 28.4 Å². The second-order valence-corrected chi connectivity index (χ2v) is 9.23. The van der Waals surface area contributed by atoms with Crippen molar-refractivity contribution in [3.05, 3.63) is 58.9 Å². The Hall–Kier alpha value is -2.80. The second kappa shape index (κ2) is 10.2. The van der Waals surface area contributed by atoms with Crippen LogP contribution >= 0.6 is 11.8 Å². The molecule has 0 aliphatic heterocycles. The number of benzene rings is 2. The first-order valence-corrected chi connectivity index (χ1v) is 12.2. The van der Waals surface area contributed by atoms with Crippen LogP contribution in [0.1, 0.15) is 39.5 Å². The summed E-state index contributed by atoms with van der Waals surface area (Å²) >= 11 is 1.29. The maximum atomic E-state index is 13.3. The van der Waals surface area contributed by atoms with Crippen LogP contribution in [0.5, 0.6) is 5.75 Å². The molecule has 1 aliphatic rings. The normalized spacial score (nSPS) is 18.4. The van der Waals surface area contributed by atoms with E-state index >= 15 is 0 Å². The number of carbonyl (C=O) groups excluding carboxylic acids is 1. The maximum Gasteiger partial charge on any atom is 0.266 e. The Kier molecular flexibility index (Phi) is 7.15. The minimum atomic E-state index is -0.149. The Morgan fingerprint density at radius 3 is 2.56 bits per heavy atom. The summed E-state index contributed by atoms with van der Waals surface area (Å²) in [6.07, 6.45) is 4.37. The lowest BCUT2D eigenvalue weighted by molar-refractivity contribution is -0.119. The summed E-state index contributed by atoms with van der Waals surface area (Å²) < 4.78 is 7.11. The van der Waals surface area contributed by atoms with E-state index in [2.05, 4.69) is 12.2 Å². The van der Waals surface area contributed by atoms with Crippen molar-refractivity contribution in [2.45, 2.75) is 50.7 Å². The van der Waals surface area contributed by atoms with Crippen molar-refractivity contribution in [1.82, 2.24) is 14.9 Å². The molecule has 0 radical (unpaired) electrons. The van der Waals surface area contributed by atoms with Gasteiger partial charge in [-0.1, -0.05) is 30.8 Å². The Morgan fingerprint density at radius 1 is 1.12 bits per heavy atom. The molecule has 1 aliphatic carbocycles. The average Bonchev–Trinajstić information content (AvgIpc) is 2.80. The molecule has 0 atom stereocenters. The zero-order valence-electron chi connectivity index (χ0n) is 18.5. The van der Waals surface area contributed by atoms with Crippen LogP contribution in [-0.2, 0) is 4.79 Å². The van der Waals surface area contributed by atoms with Gasteiger partial charge in [-0.2, -0.15) is 0 Å². The Balaban J connectivity index is 1.59. The molecule has 0 unspecified atom stereocenters. The third kappa shape index (κ3) is 5.15. The van der Waals surface area contributed by atoms with Gasteiger partial charge in [0.2, 0.25) is 5.91 Å². The zero-order chi connectivity index (χ0) is 22.5. The largest absolute Gasteiger partial charge is 0.494 e. The van der Waals surface area contributed by atoms with Crippen LogP contribution in [0, 0.1) is 5.92 Å². The molecule has 1 amide bonds. The molecule has 168 valence electrons. The summed E-state index contributed by atoms with van der Waals surface area (Å²) in [6, 6.07) is 14.9. The smallest absolute Gasteiger partial charge is 0.266 e. The van der Waals surface area contributed by atoms with E-state index in [9.17, 15) is 9.59 Å². The van der Waals surface area contributed by atoms with Gasteiger partial charge in [0, 0.05) is 6.04 Å². The summed E-state index contributed by atoms with van der Waals surface area (Å²) in [7, 11) is 0. The fourth-order valence-electron chi connectivity index (χ4n) is 4.10. The predicted molar refractivity (Wildman–Crippen MR) is 129 cm³/mol. The van der Waals surface area contributed by atoms with Gasteiger partial charge < -0.3 is 10.1 Å². The number of nitrogens with zero attached hydrogens (tertiary/aromatic N) is 2. The maximum absolute atomic E-state index is 13.3. The van der Waals surface area contributed by atoms with E-state index in [0.717, 1.165) is 37.4 Å². The fraction of sp³-hybridized carbons (Fsp3) is 0.400. The van der Waals surface area contributed by atoms with Gasteiger partial charge in [-0.3, -0.25) is 14.2 Å². The van der Waals surface area contributed by atoms with E-state index in [4.69, 9.17) is 9.72 Å². The highest BCUT2D eigenvalue weighted by Crippen LogP contribution is 2.25. The summed E-state index contributed by atoms with van der Waals surface area (Å²) in [5, 5.41) is 4.20. The molecule has 4 rings (SSSR count). The van der Waals surface area contributed by atoms with E-state index in [1.807, 2.05) is 49.4 Å². The molecule has 1 aromatic heterocycles. The summed E-state index contributed by atoms with van der Waals surface area (Å²) in [6.45, 7) is 4.77. The van der Waals surface area contributed by atoms with Crippen molar-refractivity contribution >= 4 is 28.6 Å². The van der Waals surface area contributed by atoms with Crippen LogP contribution in [-0.4, -0.2) is 33.9 Å². The van der Waals surface area contributed by atoms with Crippen molar-refractivity contribution in [3.8, 4) is 11.4 Å². The first-order chi connectivity index (χ1) is 15.5. The lowest BCUT2D eigenvalue weighted by Crippen LogP contribution is -2.38. The lowest BCUT2D eigenvalue weighted by atomic mass is 9.87. The van der Waals surface area contributed by atoms with Crippen LogP contribution < -0.4 is 15.6 Å². The summed E-state index contributed by atoms with van der Waals surface area (Å²) in [5.74, 6) is 1.68. The van der Waals surface area contributed by atoms with Crippen LogP contribution in [0.15, 0.2) is 58.5 Å². The molecule has 6 nitrogen and oxygen atoms in total. The number of rotatable bonds is 7. The number of amides is 1. The van der Waals surface area contributed by atoms with Gasteiger partial charge in [0.15, 0.2) is 5.16 Å². The first kappa shape index (κ1) is 22.4. The molecule has 3 aromatic rings. The van der Waals surface area contributed by atoms with Crippen LogP contribution in [0.4, 0.5) is 0 Å². The molecule has 0 saturated heterocycles. The van der Waals surface area contributed by atoms with Crippen LogP contribution in [0.25, 0.3) is 16.6 Å². The number of hydrogen-bond acceptors (Lipinski definition) is 5. The highest BCUT2D eigenvalue weighted by atomic mass is 32.2. The van der Waals surface area contributed by atoms with E-state index in [-0.39, 0.29) is 23.3 Å². The van der Waals surface area contributed by atoms with E-state index < -0.39 is 0 Å². The van der Waals surface area contributed by atoms with Crippen molar-refractivity contribution in [2.75, 3.05) is 12.4 Å². The molecule has 0 bridgehead atoms. The number of thioether (sulfide) groups is 1. The summed E-state index contributed by atoms with van der Waals surface area (Å²) in [5.41, 5.74) is 1.17. The fourth-order valence-corrected chi connectivity index (χ4v) is 4.92. The van der Waals surface area contributed by atoms with Crippen molar-refractivity contribution in [1.29, 1.82) is 0 Å². The number of para-hydroxylation sites is 1. The molecule has 0 spiro atoms. The molecular weight excluding hydrogens is 422 g/mol. The van der Waals surface area contributed by atoms with Crippen LogP contribution in [0.2, 0.25) is 0 Å². The van der Waals surface area contributed by atoms with Gasteiger partial charge in [-0.15, -0.1) is 0 Å². The highest BCUT2D eigenvalue weighted by molar-refractivity contribution is 7.99. The third-order valence-corrected chi connectivity index (χ3v) is 6.80. The Morgan fingerprint density at radius 2 is 1.84 bits per heavy atom. The summed E-state index contributed by atoms with van der Waals surface area (Å²) in [4.78, 5) is 30.7. The van der Waals surface area contributed by atoms with Crippen molar-refractivity contribution in [3.63, 3.8) is 0 Å². The second-order valence-electron chi connectivity index (χ2n) is 8.29. The Bertz CT molecular complexity index is 1140. The average molecular weight is 452 g/mol. The number of aromatic nitrogens is 2. The third-order valence-electron chi connectivity index (χ3n) is 5.86.